The van der Waals surface area contributed by atoms with Crippen molar-refractivity contribution in [3.05, 3.63) is 53.9 Å². The van der Waals surface area contributed by atoms with Gasteiger partial charge in [0.05, 0.1) is 13.7 Å². The molecule has 6 nitrogen and oxygen atoms in total. The summed E-state index contributed by atoms with van der Waals surface area (Å²) in [6, 6.07) is 9.65. The SMILES string of the molecule is CN=C(NCCc1ccncc1C)N(C)CCOc1ccc(OC)cc1.I. The summed E-state index contributed by atoms with van der Waals surface area (Å²) in [5.74, 6) is 2.51. The van der Waals surface area contributed by atoms with Crippen LogP contribution in [0.4, 0.5) is 0 Å². The summed E-state index contributed by atoms with van der Waals surface area (Å²) in [7, 11) is 5.45. The number of aromatic nitrogens is 1. The Kier molecular flexibility index (Phi) is 10.5. The summed E-state index contributed by atoms with van der Waals surface area (Å²) < 4.78 is 10.9. The predicted molar refractivity (Wildman–Crippen MR) is 121 cm³/mol. The first-order chi connectivity index (χ1) is 12.6. The van der Waals surface area contributed by atoms with Crippen LogP contribution in [0.2, 0.25) is 0 Å². The zero-order chi connectivity index (χ0) is 18.8. The van der Waals surface area contributed by atoms with Crippen LogP contribution in [-0.2, 0) is 6.42 Å². The molecule has 2 rings (SSSR count). The summed E-state index contributed by atoms with van der Waals surface area (Å²) in [6.45, 7) is 4.22. The van der Waals surface area contributed by atoms with Gasteiger partial charge in [0.15, 0.2) is 5.96 Å². The van der Waals surface area contributed by atoms with Crippen molar-refractivity contribution in [3.8, 4) is 11.5 Å². The number of nitrogens with zero attached hydrogens (tertiary/aromatic N) is 3. The van der Waals surface area contributed by atoms with Crippen molar-refractivity contribution in [2.24, 2.45) is 4.99 Å². The molecule has 0 unspecified atom stereocenters. The fourth-order valence-electron chi connectivity index (χ4n) is 2.55. The van der Waals surface area contributed by atoms with Crippen LogP contribution >= 0.6 is 24.0 Å². The molecular weight excluding hydrogens is 455 g/mol. The number of benzene rings is 1. The van der Waals surface area contributed by atoms with Crippen molar-refractivity contribution in [1.82, 2.24) is 15.2 Å². The highest BCUT2D eigenvalue weighted by atomic mass is 127. The van der Waals surface area contributed by atoms with Gasteiger partial charge < -0.3 is 19.7 Å². The number of hydrogen-bond donors (Lipinski definition) is 1. The van der Waals surface area contributed by atoms with Gasteiger partial charge in [-0.25, -0.2) is 0 Å². The first-order valence-electron chi connectivity index (χ1n) is 8.72. The largest absolute Gasteiger partial charge is 0.497 e. The van der Waals surface area contributed by atoms with Gasteiger partial charge in [0, 0.05) is 33.0 Å². The van der Waals surface area contributed by atoms with Crippen LogP contribution in [0.25, 0.3) is 0 Å². The number of likely N-dealkylation sites (N-methyl/N-ethyl adjacent to an activating group) is 1. The average Bonchev–Trinajstić information content (AvgIpc) is 2.67. The van der Waals surface area contributed by atoms with Gasteiger partial charge in [-0.1, -0.05) is 0 Å². The summed E-state index contributed by atoms with van der Waals surface area (Å²) in [5, 5.41) is 3.39. The fraction of sp³-hybridized carbons (Fsp3) is 0.400. The third-order valence-electron chi connectivity index (χ3n) is 4.14. The van der Waals surface area contributed by atoms with E-state index in [2.05, 4.69) is 33.2 Å². The Balaban J connectivity index is 0.00000364. The van der Waals surface area contributed by atoms with Crippen LogP contribution in [0.1, 0.15) is 11.1 Å². The zero-order valence-corrected chi connectivity index (χ0v) is 18.8. The molecule has 148 valence electrons. The van der Waals surface area contributed by atoms with Crippen molar-refractivity contribution >= 4 is 29.9 Å². The van der Waals surface area contributed by atoms with E-state index >= 15 is 0 Å². The van der Waals surface area contributed by atoms with Gasteiger partial charge in [-0.3, -0.25) is 9.98 Å². The normalized spacial score (nSPS) is 10.7. The van der Waals surface area contributed by atoms with Gasteiger partial charge in [0.25, 0.3) is 0 Å². The Morgan fingerprint density at radius 3 is 2.52 bits per heavy atom. The van der Waals surface area contributed by atoms with Crippen LogP contribution < -0.4 is 14.8 Å². The van der Waals surface area contributed by atoms with E-state index in [9.17, 15) is 0 Å². The lowest BCUT2D eigenvalue weighted by atomic mass is 10.1. The van der Waals surface area contributed by atoms with E-state index in [4.69, 9.17) is 9.47 Å². The third kappa shape index (κ3) is 7.62. The molecule has 1 heterocycles. The third-order valence-corrected chi connectivity index (χ3v) is 4.14. The molecule has 2 aromatic rings. The fourth-order valence-corrected chi connectivity index (χ4v) is 2.55. The lowest BCUT2D eigenvalue weighted by Gasteiger charge is -2.22. The van der Waals surface area contributed by atoms with E-state index in [1.165, 1.54) is 11.1 Å². The van der Waals surface area contributed by atoms with Gasteiger partial charge in [0.1, 0.15) is 18.1 Å². The maximum absolute atomic E-state index is 5.77. The Labute approximate surface area is 179 Å². The second-order valence-corrected chi connectivity index (χ2v) is 5.97. The second-order valence-electron chi connectivity index (χ2n) is 5.97. The van der Waals surface area contributed by atoms with E-state index in [0.29, 0.717) is 6.61 Å². The molecule has 0 bridgehead atoms. The number of pyridine rings is 1. The summed E-state index contributed by atoms with van der Waals surface area (Å²) >= 11 is 0. The monoisotopic (exact) mass is 484 g/mol. The van der Waals surface area contributed by atoms with E-state index in [-0.39, 0.29) is 24.0 Å². The molecule has 0 aliphatic carbocycles. The number of nitrogens with one attached hydrogen (secondary N) is 1. The number of aryl methyl sites for hydroxylation is 1. The molecule has 0 aliphatic heterocycles. The molecule has 0 aliphatic rings. The van der Waals surface area contributed by atoms with Crippen molar-refractivity contribution in [1.29, 1.82) is 0 Å². The molecule has 0 fully saturated rings. The molecule has 0 atom stereocenters. The van der Waals surface area contributed by atoms with E-state index in [0.717, 1.165) is 37.0 Å². The number of aliphatic imine (C=N–C) groups is 1. The molecule has 27 heavy (non-hydrogen) atoms. The molecule has 0 amide bonds. The Bertz CT molecular complexity index is 707. The minimum Gasteiger partial charge on any atom is -0.497 e. The molecule has 1 aromatic carbocycles. The highest BCUT2D eigenvalue weighted by molar-refractivity contribution is 14.0. The minimum atomic E-state index is 0. The summed E-state index contributed by atoms with van der Waals surface area (Å²) in [6.07, 6.45) is 4.66. The first-order valence-corrected chi connectivity index (χ1v) is 8.72. The highest BCUT2D eigenvalue weighted by Gasteiger charge is 2.06. The molecule has 0 radical (unpaired) electrons. The Hall–Kier alpha value is -2.03. The topological polar surface area (TPSA) is 59.0 Å². The van der Waals surface area contributed by atoms with Gasteiger partial charge in [-0.2, -0.15) is 0 Å². The van der Waals surface area contributed by atoms with Crippen LogP contribution in [-0.4, -0.2) is 56.7 Å². The van der Waals surface area contributed by atoms with Crippen molar-refractivity contribution in [2.75, 3.05) is 40.9 Å². The van der Waals surface area contributed by atoms with Gasteiger partial charge in [-0.15, -0.1) is 24.0 Å². The van der Waals surface area contributed by atoms with Gasteiger partial charge in [-0.05, 0) is 54.8 Å². The number of ether oxygens (including phenoxy) is 2. The number of rotatable bonds is 8. The second kappa shape index (κ2) is 12.4. The number of guanidine groups is 1. The van der Waals surface area contributed by atoms with Crippen LogP contribution in [0.5, 0.6) is 11.5 Å². The minimum absolute atomic E-state index is 0. The molecule has 1 aromatic heterocycles. The summed E-state index contributed by atoms with van der Waals surface area (Å²) in [5.41, 5.74) is 2.51. The molecule has 7 heteroatoms. The Morgan fingerprint density at radius 1 is 1.19 bits per heavy atom. The quantitative estimate of drug-likeness (QED) is 0.355. The highest BCUT2D eigenvalue weighted by Crippen LogP contribution is 2.16. The maximum Gasteiger partial charge on any atom is 0.193 e. The average molecular weight is 484 g/mol. The van der Waals surface area contributed by atoms with Crippen molar-refractivity contribution in [2.45, 2.75) is 13.3 Å². The van der Waals surface area contributed by atoms with Gasteiger partial charge >= 0.3 is 0 Å². The van der Waals surface area contributed by atoms with E-state index in [1.807, 2.05) is 43.7 Å². The Morgan fingerprint density at radius 2 is 1.89 bits per heavy atom. The number of halogens is 1. The molecule has 0 saturated carbocycles. The zero-order valence-electron chi connectivity index (χ0n) is 16.4. The molecular formula is C20H29IN4O2. The van der Waals surface area contributed by atoms with Gasteiger partial charge in [0.2, 0.25) is 0 Å². The number of methoxy groups -OCH3 is 1. The van der Waals surface area contributed by atoms with Crippen molar-refractivity contribution in [3.63, 3.8) is 0 Å². The lowest BCUT2D eigenvalue weighted by molar-refractivity contribution is 0.281. The number of hydrogen-bond acceptors (Lipinski definition) is 4. The first kappa shape index (κ1) is 23.0. The maximum atomic E-state index is 5.77. The predicted octanol–water partition coefficient (Wildman–Crippen LogP) is 3.15. The van der Waals surface area contributed by atoms with Crippen molar-refractivity contribution < 1.29 is 9.47 Å². The summed E-state index contributed by atoms with van der Waals surface area (Å²) in [4.78, 5) is 10.5. The van der Waals surface area contributed by atoms with E-state index in [1.54, 1.807) is 14.2 Å². The standard InChI is InChI=1S/C20H28N4O2.HI/c1-16-15-22-11-9-17(16)10-12-23-20(21-2)24(3)13-14-26-19-7-5-18(25-4)6-8-19;/h5-9,11,15H,10,12-14H2,1-4H3,(H,21,23);1H. The smallest absolute Gasteiger partial charge is 0.193 e. The molecule has 0 spiro atoms. The van der Waals surface area contributed by atoms with Crippen LogP contribution in [0.15, 0.2) is 47.7 Å². The van der Waals surface area contributed by atoms with E-state index < -0.39 is 0 Å². The van der Waals surface area contributed by atoms with Crippen LogP contribution in [0.3, 0.4) is 0 Å². The lowest BCUT2D eigenvalue weighted by Crippen LogP contribution is -2.41. The van der Waals surface area contributed by atoms with Crippen LogP contribution in [0, 0.1) is 6.92 Å². The molecule has 1 N–H and O–H groups in total. The molecule has 0 saturated heterocycles.